The predicted octanol–water partition coefficient (Wildman–Crippen LogP) is 3.88. The molecular formula is C25H24N4O2. The van der Waals surface area contributed by atoms with Crippen LogP contribution in [0.15, 0.2) is 81.6 Å². The zero-order chi connectivity index (χ0) is 21.0. The third-order valence-corrected chi connectivity index (χ3v) is 5.76. The van der Waals surface area contributed by atoms with E-state index in [1.807, 2.05) is 36.5 Å². The average Bonchev–Trinajstić information content (AvgIpc) is 3.35. The molecule has 2 aromatic carbocycles. The van der Waals surface area contributed by atoms with Crippen LogP contribution in [-0.4, -0.2) is 49.0 Å². The van der Waals surface area contributed by atoms with E-state index in [1.165, 1.54) is 16.8 Å². The number of nitrogens with zero attached hydrogens (tertiary/aromatic N) is 3. The van der Waals surface area contributed by atoms with Gasteiger partial charge in [0.2, 0.25) is 0 Å². The van der Waals surface area contributed by atoms with Crippen molar-refractivity contribution in [3.8, 4) is 0 Å². The van der Waals surface area contributed by atoms with Crippen LogP contribution in [0.5, 0.6) is 0 Å². The van der Waals surface area contributed by atoms with E-state index in [-0.39, 0.29) is 5.91 Å². The lowest BCUT2D eigenvalue weighted by Crippen LogP contribution is -2.36. The number of para-hydroxylation sites is 1. The highest BCUT2D eigenvalue weighted by Crippen LogP contribution is 2.35. The van der Waals surface area contributed by atoms with Gasteiger partial charge in [0.25, 0.3) is 5.91 Å². The summed E-state index contributed by atoms with van der Waals surface area (Å²) in [6.45, 7) is 3.18. The fraction of sp³-hybridized carbons (Fsp3) is 0.240. The summed E-state index contributed by atoms with van der Waals surface area (Å²) in [4.78, 5) is 14.7. The van der Waals surface area contributed by atoms with Crippen LogP contribution in [0.1, 0.15) is 24.0 Å². The molecule has 1 fully saturated rings. The number of hydrogen-bond donors (Lipinski definition) is 1. The monoisotopic (exact) mass is 412 g/mol. The quantitative estimate of drug-likeness (QED) is 0.612. The van der Waals surface area contributed by atoms with Crippen molar-refractivity contribution in [1.82, 2.24) is 4.90 Å². The van der Waals surface area contributed by atoms with Gasteiger partial charge in [0.05, 0.1) is 25.1 Å². The Morgan fingerprint density at radius 1 is 0.968 bits per heavy atom. The van der Waals surface area contributed by atoms with Crippen LogP contribution in [0.2, 0.25) is 0 Å². The van der Waals surface area contributed by atoms with Crippen molar-refractivity contribution in [3.63, 3.8) is 0 Å². The molecule has 2 aliphatic heterocycles. The van der Waals surface area contributed by atoms with E-state index < -0.39 is 0 Å². The van der Waals surface area contributed by atoms with Crippen molar-refractivity contribution in [2.24, 2.45) is 10.2 Å². The molecule has 31 heavy (non-hydrogen) atoms. The third kappa shape index (κ3) is 4.07. The molecule has 1 N–H and O–H groups in total. The molecule has 0 bridgehead atoms. The van der Waals surface area contributed by atoms with Gasteiger partial charge in [0.15, 0.2) is 5.71 Å². The maximum atomic E-state index is 12.3. The first-order valence-electron chi connectivity index (χ1n) is 10.6. The number of fused-ring (bicyclic) bond motifs is 1. The summed E-state index contributed by atoms with van der Waals surface area (Å²) >= 11 is 0. The van der Waals surface area contributed by atoms with E-state index in [0.29, 0.717) is 5.71 Å². The molecule has 0 radical (unpaired) electrons. The minimum atomic E-state index is -0.211. The number of rotatable bonds is 4. The summed E-state index contributed by atoms with van der Waals surface area (Å²) in [5.74, 6) is -0.211. The van der Waals surface area contributed by atoms with Crippen LogP contribution < -0.4 is 5.32 Å². The number of morpholine rings is 1. The number of hydrogen-bond acceptors (Lipinski definition) is 5. The predicted molar refractivity (Wildman–Crippen MR) is 123 cm³/mol. The van der Waals surface area contributed by atoms with Crippen LogP contribution >= 0.6 is 0 Å². The Balaban J connectivity index is 1.47. The molecule has 2 heterocycles. The van der Waals surface area contributed by atoms with E-state index in [0.717, 1.165) is 56.0 Å². The van der Waals surface area contributed by atoms with Crippen molar-refractivity contribution in [3.05, 3.63) is 82.6 Å². The van der Waals surface area contributed by atoms with Crippen LogP contribution in [-0.2, 0) is 9.53 Å². The van der Waals surface area contributed by atoms with Crippen molar-refractivity contribution in [1.29, 1.82) is 0 Å². The van der Waals surface area contributed by atoms with Gasteiger partial charge in [0.1, 0.15) is 0 Å². The number of nitrogens with one attached hydrogen (secondary N) is 1. The number of carbonyl (C=O) groups is 1. The molecule has 6 heteroatoms. The Morgan fingerprint density at radius 2 is 1.74 bits per heavy atom. The molecule has 2 aromatic rings. The molecule has 0 atom stereocenters. The Labute approximate surface area is 181 Å². The SMILES string of the molecule is O=C1Nc2ccccc2/C1=N/N=C/C1=C(N2CCOCC2)C(=C/c2ccccc2)/CC1. The van der Waals surface area contributed by atoms with E-state index in [4.69, 9.17) is 4.74 Å². The number of amides is 1. The molecule has 6 nitrogen and oxygen atoms in total. The molecule has 156 valence electrons. The first kappa shape index (κ1) is 19.5. The molecule has 0 spiro atoms. The van der Waals surface area contributed by atoms with Crippen LogP contribution in [0, 0.1) is 0 Å². The highest BCUT2D eigenvalue weighted by Gasteiger charge is 2.27. The topological polar surface area (TPSA) is 66.3 Å². The van der Waals surface area contributed by atoms with E-state index in [1.54, 1.807) is 0 Å². The highest BCUT2D eigenvalue weighted by atomic mass is 16.5. The maximum absolute atomic E-state index is 12.3. The number of carbonyl (C=O) groups excluding carboxylic acids is 1. The van der Waals surface area contributed by atoms with Crippen LogP contribution in [0.25, 0.3) is 6.08 Å². The molecule has 0 unspecified atom stereocenters. The number of benzene rings is 2. The fourth-order valence-corrected chi connectivity index (χ4v) is 4.28. The highest BCUT2D eigenvalue weighted by molar-refractivity contribution is 6.53. The summed E-state index contributed by atoms with van der Waals surface area (Å²) in [7, 11) is 0. The van der Waals surface area contributed by atoms with Crippen molar-refractivity contribution in [2.45, 2.75) is 12.8 Å². The van der Waals surface area contributed by atoms with Gasteiger partial charge < -0.3 is 15.0 Å². The first-order chi connectivity index (χ1) is 15.3. The molecule has 0 aromatic heterocycles. The molecular weight excluding hydrogens is 388 g/mol. The second-order valence-corrected chi connectivity index (χ2v) is 7.75. The van der Waals surface area contributed by atoms with Gasteiger partial charge in [-0.1, -0.05) is 48.5 Å². The molecule has 1 saturated heterocycles. The lowest BCUT2D eigenvalue weighted by atomic mass is 10.1. The normalized spacial score (nSPS) is 21.4. The van der Waals surface area contributed by atoms with Crippen LogP contribution in [0.4, 0.5) is 5.69 Å². The Kier molecular flexibility index (Phi) is 5.46. The number of allylic oxidation sites excluding steroid dienone is 2. The number of ether oxygens (including phenoxy) is 1. The van der Waals surface area contributed by atoms with Gasteiger partial charge in [-0.25, -0.2) is 0 Å². The molecule has 0 saturated carbocycles. The summed E-state index contributed by atoms with van der Waals surface area (Å²) in [5, 5.41) is 11.4. The van der Waals surface area contributed by atoms with Crippen LogP contribution in [0.3, 0.4) is 0 Å². The summed E-state index contributed by atoms with van der Waals surface area (Å²) in [5.41, 5.74) is 6.82. The largest absolute Gasteiger partial charge is 0.378 e. The van der Waals surface area contributed by atoms with E-state index in [9.17, 15) is 4.79 Å². The lowest BCUT2D eigenvalue weighted by Gasteiger charge is -2.31. The molecule has 5 rings (SSSR count). The summed E-state index contributed by atoms with van der Waals surface area (Å²) in [6, 6.07) is 17.9. The zero-order valence-corrected chi connectivity index (χ0v) is 17.3. The fourth-order valence-electron chi connectivity index (χ4n) is 4.28. The second kappa shape index (κ2) is 8.70. The van der Waals surface area contributed by atoms with Gasteiger partial charge in [-0.3, -0.25) is 4.79 Å². The van der Waals surface area contributed by atoms with Crippen molar-refractivity contribution in [2.75, 3.05) is 31.6 Å². The Hall–Kier alpha value is -3.51. The standard InChI is InChI=1S/C25H24N4O2/c30-25-23(21-8-4-5-9-22(21)27-25)28-26-17-20-11-10-19(16-18-6-2-1-3-7-18)24(20)29-12-14-31-15-13-29/h1-9,16-17H,10-15H2,(H,27,28,30)/b19-16+,26-17+. The third-order valence-electron chi connectivity index (χ3n) is 5.76. The van der Waals surface area contributed by atoms with Gasteiger partial charge in [-0.2, -0.15) is 5.10 Å². The maximum Gasteiger partial charge on any atom is 0.276 e. The van der Waals surface area contributed by atoms with Gasteiger partial charge in [-0.05, 0) is 41.7 Å². The van der Waals surface area contributed by atoms with E-state index in [2.05, 4.69) is 50.8 Å². The Morgan fingerprint density at radius 3 is 2.58 bits per heavy atom. The minimum absolute atomic E-state index is 0.211. The van der Waals surface area contributed by atoms with Crippen molar-refractivity contribution < 1.29 is 9.53 Å². The summed E-state index contributed by atoms with van der Waals surface area (Å²) in [6.07, 6.45) is 5.95. The van der Waals surface area contributed by atoms with Gasteiger partial charge >= 0.3 is 0 Å². The second-order valence-electron chi connectivity index (χ2n) is 7.75. The molecule has 1 amide bonds. The molecule has 1 aliphatic carbocycles. The minimum Gasteiger partial charge on any atom is -0.378 e. The smallest absolute Gasteiger partial charge is 0.276 e. The van der Waals surface area contributed by atoms with E-state index >= 15 is 0 Å². The Bertz CT molecular complexity index is 1110. The van der Waals surface area contributed by atoms with Gasteiger partial charge in [-0.15, -0.1) is 5.10 Å². The first-order valence-corrected chi connectivity index (χ1v) is 10.6. The molecule has 3 aliphatic rings. The van der Waals surface area contributed by atoms with Crippen molar-refractivity contribution >= 4 is 29.6 Å². The average molecular weight is 412 g/mol. The summed E-state index contributed by atoms with van der Waals surface area (Å²) < 4.78 is 5.56. The zero-order valence-electron chi connectivity index (χ0n) is 17.3. The number of anilines is 1. The lowest BCUT2D eigenvalue weighted by molar-refractivity contribution is -0.110. The van der Waals surface area contributed by atoms with Gasteiger partial charge in [0, 0.05) is 24.4 Å².